The molecule has 40 heavy (non-hydrogen) atoms. The van der Waals surface area contributed by atoms with Crippen molar-refractivity contribution in [2.45, 2.75) is 95.7 Å². The second kappa shape index (κ2) is 10.3. The van der Waals surface area contributed by atoms with E-state index in [1.54, 1.807) is 0 Å². The Hall–Kier alpha value is -2.08. The Morgan fingerprint density at radius 1 is 1.00 bits per heavy atom. The van der Waals surface area contributed by atoms with Crippen LogP contribution in [0, 0.1) is 28.6 Å². The molecule has 0 aliphatic heterocycles. The van der Waals surface area contributed by atoms with Crippen molar-refractivity contribution >= 4 is 21.9 Å². The molecule has 4 saturated carbocycles. The van der Waals surface area contributed by atoms with Gasteiger partial charge in [-0.3, -0.25) is 13.8 Å². The van der Waals surface area contributed by atoms with E-state index in [1.165, 1.54) is 6.92 Å². The van der Waals surface area contributed by atoms with Crippen molar-refractivity contribution in [2.24, 2.45) is 28.6 Å². The molecule has 4 aliphatic carbocycles. The molecule has 1 aromatic carbocycles. The minimum absolute atomic E-state index is 0.152. The van der Waals surface area contributed by atoms with Crippen LogP contribution in [0.4, 0.5) is 22.0 Å². The number of ether oxygens (including phenoxy) is 1. The standard InChI is InChI=1S/C28H35F5O6S/c1-5-27(16(2)34,15-38-40(36,37)22-10-20(23(29)30)9-21(11-22)28(31,32)33)24(35)39-25(3,4)26-12-17-6-18(13-26)8-19(7-17)14-26/h9-11,17-19,23H,5-8,12-15H2,1-4H3. The quantitative estimate of drug-likeness (QED) is 0.127. The van der Waals surface area contributed by atoms with Gasteiger partial charge in [-0.05, 0) is 102 Å². The molecule has 4 bridgehead atoms. The number of hydrogen-bond acceptors (Lipinski definition) is 6. The van der Waals surface area contributed by atoms with Crippen molar-refractivity contribution in [3.8, 4) is 0 Å². The number of esters is 1. The van der Waals surface area contributed by atoms with Gasteiger partial charge in [-0.2, -0.15) is 21.6 Å². The Balaban J connectivity index is 1.59. The number of carbonyl (C=O) groups excluding carboxylic acids is 2. The molecule has 4 fully saturated rings. The van der Waals surface area contributed by atoms with E-state index in [2.05, 4.69) is 0 Å². The van der Waals surface area contributed by atoms with Gasteiger partial charge in [0.05, 0.1) is 17.1 Å². The molecular formula is C28H35F5O6S. The fraction of sp³-hybridized carbons (Fsp3) is 0.714. The summed E-state index contributed by atoms with van der Waals surface area (Å²) in [4.78, 5) is 25.3. The van der Waals surface area contributed by atoms with E-state index in [0.29, 0.717) is 23.8 Å². The SMILES string of the molecule is CCC(COS(=O)(=O)c1cc(C(F)F)cc(C(F)(F)F)c1)(C(C)=O)C(=O)OC(C)(C)C12CC3CC(CC(C3)C1)C2. The highest BCUT2D eigenvalue weighted by atomic mass is 32.2. The first-order valence-corrected chi connectivity index (χ1v) is 14.9. The summed E-state index contributed by atoms with van der Waals surface area (Å²) in [6.45, 7) is 5.12. The summed E-state index contributed by atoms with van der Waals surface area (Å²) in [5, 5.41) is 0. The normalized spacial score (nSPS) is 28.0. The lowest BCUT2D eigenvalue weighted by atomic mass is 9.46. The van der Waals surface area contributed by atoms with Crippen molar-refractivity contribution in [1.29, 1.82) is 0 Å². The maximum atomic E-state index is 13.7. The Morgan fingerprint density at radius 3 is 1.95 bits per heavy atom. The molecule has 0 radical (unpaired) electrons. The lowest BCUT2D eigenvalue weighted by molar-refractivity contribution is -0.208. The van der Waals surface area contributed by atoms with Crippen LogP contribution < -0.4 is 0 Å². The predicted molar refractivity (Wildman–Crippen MR) is 134 cm³/mol. The Labute approximate surface area is 231 Å². The molecule has 0 N–H and O–H groups in total. The minimum Gasteiger partial charge on any atom is -0.458 e. The number of Topliss-reactive ketones (excluding diaryl/α,β-unsaturated/α-hetero) is 1. The molecule has 0 aromatic heterocycles. The third-order valence-electron chi connectivity index (χ3n) is 9.59. The monoisotopic (exact) mass is 594 g/mol. The number of halogens is 5. The van der Waals surface area contributed by atoms with Gasteiger partial charge in [0.15, 0.2) is 5.41 Å². The first kappa shape index (κ1) is 30.9. The number of benzene rings is 1. The van der Waals surface area contributed by atoms with E-state index in [1.807, 2.05) is 13.8 Å². The third-order valence-corrected chi connectivity index (χ3v) is 10.8. The molecule has 0 spiro atoms. The number of hydrogen-bond donors (Lipinski definition) is 0. The van der Waals surface area contributed by atoms with Crippen molar-refractivity contribution in [2.75, 3.05) is 6.61 Å². The summed E-state index contributed by atoms with van der Waals surface area (Å²) in [6, 6.07) is 0.710. The summed E-state index contributed by atoms with van der Waals surface area (Å²) < 4.78 is 103. The van der Waals surface area contributed by atoms with Crippen LogP contribution >= 0.6 is 0 Å². The second-order valence-electron chi connectivity index (χ2n) is 12.4. The van der Waals surface area contributed by atoms with E-state index in [-0.39, 0.29) is 24.0 Å². The Kier molecular flexibility index (Phi) is 7.97. The molecule has 1 aromatic rings. The van der Waals surface area contributed by atoms with Gasteiger partial charge in [-0.25, -0.2) is 8.78 Å². The van der Waals surface area contributed by atoms with Crippen molar-refractivity contribution in [3.05, 3.63) is 29.3 Å². The number of ketones is 1. The molecule has 1 unspecified atom stereocenters. The summed E-state index contributed by atoms with van der Waals surface area (Å²) in [6.07, 6.45) is -2.54. The average Bonchev–Trinajstić information content (AvgIpc) is 2.82. The molecule has 0 heterocycles. The molecule has 4 aliphatic rings. The maximum absolute atomic E-state index is 13.7. The predicted octanol–water partition coefficient (Wildman–Crippen LogP) is 6.87. The van der Waals surface area contributed by atoms with Gasteiger partial charge in [-0.15, -0.1) is 0 Å². The number of carbonyl (C=O) groups is 2. The zero-order valence-electron chi connectivity index (χ0n) is 22.9. The van der Waals surface area contributed by atoms with Crippen LogP contribution in [0.25, 0.3) is 0 Å². The molecular weight excluding hydrogens is 559 g/mol. The summed E-state index contributed by atoms with van der Waals surface area (Å²) in [5.41, 5.74) is -6.08. The van der Waals surface area contributed by atoms with Crippen LogP contribution in [0.3, 0.4) is 0 Å². The van der Waals surface area contributed by atoms with Crippen molar-refractivity contribution in [3.63, 3.8) is 0 Å². The van der Waals surface area contributed by atoms with Gasteiger partial charge >= 0.3 is 12.1 Å². The summed E-state index contributed by atoms with van der Waals surface area (Å²) in [7, 11) is -5.08. The number of rotatable bonds is 10. The van der Waals surface area contributed by atoms with E-state index < -0.39 is 68.1 Å². The second-order valence-corrected chi connectivity index (χ2v) is 14.0. The first-order chi connectivity index (χ1) is 18.3. The van der Waals surface area contributed by atoms with Gasteiger partial charge in [-0.1, -0.05) is 6.92 Å². The van der Waals surface area contributed by atoms with Crippen LogP contribution in [0.5, 0.6) is 0 Å². The fourth-order valence-electron chi connectivity index (χ4n) is 7.39. The van der Waals surface area contributed by atoms with Gasteiger partial charge in [0.1, 0.15) is 11.4 Å². The highest BCUT2D eigenvalue weighted by Gasteiger charge is 2.60. The van der Waals surface area contributed by atoms with Gasteiger partial charge in [0, 0.05) is 11.0 Å². The van der Waals surface area contributed by atoms with Gasteiger partial charge in [0.25, 0.3) is 16.5 Å². The first-order valence-electron chi connectivity index (χ1n) is 13.5. The van der Waals surface area contributed by atoms with Gasteiger partial charge < -0.3 is 4.74 Å². The lowest BCUT2D eigenvalue weighted by Gasteiger charge is -2.61. The molecule has 0 saturated heterocycles. The van der Waals surface area contributed by atoms with E-state index in [9.17, 15) is 40.0 Å². The Morgan fingerprint density at radius 2 is 1.52 bits per heavy atom. The molecule has 5 rings (SSSR count). The molecule has 1 atom stereocenters. The van der Waals surface area contributed by atoms with Crippen LogP contribution in [0.2, 0.25) is 0 Å². The number of alkyl halides is 5. The van der Waals surface area contributed by atoms with Crippen LogP contribution in [0.15, 0.2) is 23.1 Å². The van der Waals surface area contributed by atoms with E-state index in [4.69, 9.17) is 8.92 Å². The molecule has 6 nitrogen and oxygen atoms in total. The van der Waals surface area contributed by atoms with Crippen molar-refractivity contribution < 1.29 is 48.9 Å². The highest BCUT2D eigenvalue weighted by Crippen LogP contribution is 2.64. The zero-order valence-corrected chi connectivity index (χ0v) is 23.8. The van der Waals surface area contributed by atoms with Crippen LogP contribution in [0.1, 0.15) is 90.2 Å². The smallest absolute Gasteiger partial charge is 0.416 e. The zero-order chi connectivity index (χ0) is 29.9. The topological polar surface area (TPSA) is 86.7 Å². The highest BCUT2D eigenvalue weighted by molar-refractivity contribution is 7.86. The summed E-state index contributed by atoms with van der Waals surface area (Å²) in [5.74, 6) is -0.0734. The molecule has 224 valence electrons. The van der Waals surface area contributed by atoms with E-state index >= 15 is 0 Å². The van der Waals surface area contributed by atoms with Crippen molar-refractivity contribution in [1.82, 2.24) is 0 Å². The largest absolute Gasteiger partial charge is 0.458 e. The fourth-order valence-corrected chi connectivity index (χ4v) is 8.43. The maximum Gasteiger partial charge on any atom is 0.416 e. The van der Waals surface area contributed by atoms with Crippen LogP contribution in [-0.2, 0) is 34.8 Å². The molecule has 0 amide bonds. The molecule has 12 heteroatoms. The van der Waals surface area contributed by atoms with Crippen LogP contribution in [-0.4, -0.2) is 32.4 Å². The minimum atomic E-state index is -5.10. The Bertz CT molecular complexity index is 1240. The third kappa shape index (κ3) is 5.54. The van der Waals surface area contributed by atoms with E-state index in [0.717, 1.165) is 45.4 Å². The van der Waals surface area contributed by atoms with Gasteiger partial charge in [0.2, 0.25) is 0 Å². The summed E-state index contributed by atoms with van der Waals surface area (Å²) >= 11 is 0. The average molecular weight is 595 g/mol. The lowest BCUT2D eigenvalue weighted by Crippen LogP contribution is -2.59.